The SMILES string of the molecule is CN1CCC(CNS(=O)(=O)c2ccccc2N)C1. The lowest BCUT2D eigenvalue weighted by Crippen LogP contribution is -2.31. The van der Waals surface area contributed by atoms with Crippen LogP contribution in [-0.2, 0) is 10.0 Å². The number of nitrogen functional groups attached to an aromatic ring is 1. The first-order valence-electron chi connectivity index (χ1n) is 6.02. The summed E-state index contributed by atoms with van der Waals surface area (Å²) in [5, 5.41) is 0. The summed E-state index contributed by atoms with van der Waals surface area (Å²) >= 11 is 0. The number of nitrogens with one attached hydrogen (secondary N) is 1. The molecule has 100 valence electrons. The molecule has 18 heavy (non-hydrogen) atoms. The maximum atomic E-state index is 12.1. The van der Waals surface area contributed by atoms with Gasteiger partial charge in [-0.1, -0.05) is 12.1 Å². The summed E-state index contributed by atoms with van der Waals surface area (Å²) < 4.78 is 26.8. The zero-order valence-electron chi connectivity index (χ0n) is 10.5. The summed E-state index contributed by atoms with van der Waals surface area (Å²) in [6.07, 6.45) is 1.03. The number of hydrogen-bond acceptors (Lipinski definition) is 4. The summed E-state index contributed by atoms with van der Waals surface area (Å²) in [6.45, 7) is 2.44. The van der Waals surface area contributed by atoms with Crippen LogP contribution in [0.3, 0.4) is 0 Å². The van der Waals surface area contributed by atoms with Crippen LogP contribution in [0.4, 0.5) is 5.69 Å². The van der Waals surface area contributed by atoms with Crippen LogP contribution in [0.1, 0.15) is 6.42 Å². The van der Waals surface area contributed by atoms with E-state index in [0.29, 0.717) is 12.5 Å². The first-order chi connectivity index (χ1) is 8.49. The minimum Gasteiger partial charge on any atom is -0.398 e. The molecular weight excluding hydrogens is 250 g/mol. The lowest BCUT2D eigenvalue weighted by atomic mass is 10.1. The fraction of sp³-hybridized carbons (Fsp3) is 0.500. The van der Waals surface area contributed by atoms with Gasteiger partial charge in [0.25, 0.3) is 0 Å². The Kier molecular flexibility index (Phi) is 3.89. The number of hydrogen-bond donors (Lipinski definition) is 2. The Morgan fingerprint density at radius 1 is 1.44 bits per heavy atom. The molecule has 0 aliphatic carbocycles. The highest BCUT2D eigenvalue weighted by molar-refractivity contribution is 7.89. The number of anilines is 1. The van der Waals surface area contributed by atoms with E-state index in [4.69, 9.17) is 5.73 Å². The van der Waals surface area contributed by atoms with Crippen molar-refractivity contribution in [1.82, 2.24) is 9.62 Å². The number of para-hydroxylation sites is 1. The van der Waals surface area contributed by atoms with Gasteiger partial charge in [-0.15, -0.1) is 0 Å². The van der Waals surface area contributed by atoms with Gasteiger partial charge in [0, 0.05) is 13.1 Å². The van der Waals surface area contributed by atoms with Crippen LogP contribution in [0.15, 0.2) is 29.2 Å². The summed E-state index contributed by atoms with van der Waals surface area (Å²) in [4.78, 5) is 2.37. The highest BCUT2D eigenvalue weighted by atomic mass is 32.2. The monoisotopic (exact) mass is 269 g/mol. The van der Waals surface area contributed by atoms with Gasteiger partial charge in [-0.05, 0) is 38.1 Å². The van der Waals surface area contributed by atoms with E-state index in [1.165, 1.54) is 6.07 Å². The zero-order chi connectivity index (χ0) is 13.2. The van der Waals surface area contributed by atoms with Crippen molar-refractivity contribution in [2.24, 2.45) is 5.92 Å². The molecule has 1 aliphatic rings. The van der Waals surface area contributed by atoms with Crippen molar-refractivity contribution >= 4 is 15.7 Å². The standard InChI is InChI=1S/C12H19N3O2S/c1-15-7-6-10(9-15)8-14-18(16,17)12-5-3-2-4-11(12)13/h2-5,10,14H,6-9,13H2,1H3. The van der Waals surface area contributed by atoms with Crippen LogP contribution in [-0.4, -0.2) is 40.0 Å². The van der Waals surface area contributed by atoms with E-state index >= 15 is 0 Å². The van der Waals surface area contributed by atoms with Crippen molar-refractivity contribution in [3.05, 3.63) is 24.3 Å². The molecule has 1 saturated heterocycles. The van der Waals surface area contributed by atoms with E-state index < -0.39 is 10.0 Å². The first-order valence-corrected chi connectivity index (χ1v) is 7.50. The molecule has 1 unspecified atom stereocenters. The van der Waals surface area contributed by atoms with E-state index in [0.717, 1.165) is 19.5 Å². The molecule has 0 saturated carbocycles. The number of rotatable bonds is 4. The molecule has 0 amide bonds. The predicted molar refractivity (Wildman–Crippen MR) is 71.6 cm³/mol. The van der Waals surface area contributed by atoms with E-state index in [2.05, 4.69) is 9.62 Å². The molecule has 1 aliphatic heterocycles. The Bertz CT molecular complexity index is 516. The molecule has 3 N–H and O–H groups in total. The minimum atomic E-state index is -3.49. The fourth-order valence-corrected chi connectivity index (χ4v) is 3.47. The van der Waals surface area contributed by atoms with Crippen molar-refractivity contribution in [1.29, 1.82) is 0 Å². The summed E-state index contributed by atoms with van der Waals surface area (Å²) in [6, 6.07) is 6.52. The number of sulfonamides is 1. The van der Waals surface area contributed by atoms with Crippen molar-refractivity contribution < 1.29 is 8.42 Å². The van der Waals surface area contributed by atoms with Crippen LogP contribution < -0.4 is 10.5 Å². The van der Waals surface area contributed by atoms with Crippen LogP contribution in [0.25, 0.3) is 0 Å². The topological polar surface area (TPSA) is 75.4 Å². The van der Waals surface area contributed by atoms with Crippen LogP contribution in [0.5, 0.6) is 0 Å². The summed E-state index contributed by atoms with van der Waals surface area (Å²) in [5.74, 6) is 0.384. The number of benzene rings is 1. The molecule has 6 heteroatoms. The molecular formula is C12H19N3O2S. The van der Waals surface area contributed by atoms with Crippen LogP contribution in [0.2, 0.25) is 0 Å². The van der Waals surface area contributed by atoms with Gasteiger partial charge in [-0.3, -0.25) is 0 Å². The molecule has 0 bridgehead atoms. The van der Waals surface area contributed by atoms with Crippen LogP contribution in [0, 0.1) is 5.92 Å². The molecule has 0 aromatic heterocycles. The Balaban J connectivity index is 2.02. The van der Waals surface area contributed by atoms with Gasteiger partial charge >= 0.3 is 0 Å². The smallest absolute Gasteiger partial charge is 0.242 e. The van der Waals surface area contributed by atoms with E-state index in [1.807, 2.05) is 7.05 Å². The number of nitrogens with two attached hydrogens (primary N) is 1. The molecule has 2 rings (SSSR count). The van der Waals surface area contributed by atoms with Crippen LogP contribution >= 0.6 is 0 Å². The van der Waals surface area contributed by atoms with Gasteiger partial charge in [0.15, 0.2) is 0 Å². The van der Waals surface area contributed by atoms with E-state index in [-0.39, 0.29) is 10.6 Å². The van der Waals surface area contributed by atoms with Gasteiger partial charge in [0.05, 0.1) is 5.69 Å². The van der Waals surface area contributed by atoms with E-state index in [9.17, 15) is 8.42 Å². The molecule has 1 atom stereocenters. The maximum Gasteiger partial charge on any atom is 0.242 e. The number of nitrogens with zero attached hydrogens (tertiary/aromatic N) is 1. The highest BCUT2D eigenvalue weighted by Gasteiger charge is 2.23. The second kappa shape index (κ2) is 5.26. The summed E-state index contributed by atoms with van der Waals surface area (Å²) in [7, 11) is -1.44. The highest BCUT2D eigenvalue weighted by Crippen LogP contribution is 2.18. The molecule has 1 heterocycles. The molecule has 1 aromatic carbocycles. The third-order valence-corrected chi connectivity index (χ3v) is 4.76. The van der Waals surface area contributed by atoms with Crippen molar-refractivity contribution in [3.8, 4) is 0 Å². The third-order valence-electron chi connectivity index (χ3n) is 3.26. The minimum absolute atomic E-state index is 0.163. The normalized spacial score (nSPS) is 21.3. The van der Waals surface area contributed by atoms with E-state index in [1.54, 1.807) is 18.2 Å². The molecule has 0 radical (unpaired) electrons. The molecule has 5 nitrogen and oxygen atoms in total. The average Bonchev–Trinajstić information content (AvgIpc) is 2.73. The first kappa shape index (κ1) is 13.3. The van der Waals surface area contributed by atoms with Gasteiger partial charge < -0.3 is 10.6 Å². The fourth-order valence-electron chi connectivity index (χ4n) is 2.22. The largest absolute Gasteiger partial charge is 0.398 e. The Hall–Kier alpha value is -1.11. The lowest BCUT2D eigenvalue weighted by Gasteiger charge is -2.13. The molecule has 1 fully saturated rings. The second-order valence-corrected chi connectivity index (χ2v) is 6.54. The van der Waals surface area contributed by atoms with Crippen molar-refractivity contribution in [2.75, 3.05) is 32.4 Å². The second-order valence-electron chi connectivity index (χ2n) is 4.81. The average molecular weight is 269 g/mol. The lowest BCUT2D eigenvalue weighted by molar-refractivity contribution is 0.394. The predicted octanol–water partition coefficient (Wildman–Crippen LogP) is 0.499. The maximum absolute atomic E-state index is 12.1. The Morgan fingerprint density at radius 3 is 2.78 bits per heavy atom. The van der Waals surface area contributed by atoms with Gasteiger partial charge in [-0.2, -0.15) is 0 Å². The zero-order valence-corrected chi connectivity index (χ0v) is 11.3. The summed E-state index contributed by atoms with van der Waals surface area (Å²) in [5.41, 5.74) is 5.97. The molecule has 0 spiro atoms. The number of likely N-dealkylation sites (tertiary alicyclic amines) is 1. The van der Waals surface area contributed by atoms with Gasteiger partial charge in [0.2, 0.25) is 10.0 Å². The Morgan fingerprint density at radius 2 is 2.17 bits per heavy atom. The third kappa shape index (κ3) is 3.01. The molecule has 1 aromatic rings. The van der Waals surface area contributed by atoms with Gasteiger partial charge in [-0.25, -0.2) is 13.1 Å². The van der Waals surface area contributed by atoms with Crippen molar-refractivity contribution in [3.63, 3.8) is 0 Å². The Labute approximate surface area is 108 Å². The van der Waals surface area contributed by atoms with Crippen molar-refractivity contribution in [2.45, 2.75) is 11.3 Å². The van der Waals surface area contributed by atoms with Gasteiger partial charge in [0.1, 0.15) is 4.90 Å². The quantitative estimate of drug-likeness (QED) is 0.780.